The molecule has 1 aliphatic heterocycles. The van der Waals surface area contributed by atoms with Gasteiger partial charge in [0, 0.05) is 5.57 Å². The van der Waals surface area contributed by atoms with Crippen molar-refractivity contribution in [1.29, 1.82) is 5.26 Å². The molecule has 0 fully saturated rings. The molecule has 0 unspecified atom stereocenters. The molecule has 33 heavy (non-hydrogen) atoms. The second kappa shape index (κ2) is 10.1. The van der Waals surface area contributed by atoms with Crippen molar-refractivity contribution in [3.05, 3.63) is 76.1 Å². The third kappa shape index (κ3) is 5.29. The predicted molar refractivity (Wildman–Crippen MR) is 122 cm³/mol. The summed E-state index contributed by atoms with van der Waals surface area (Å²) in [7, 11) is 1.53. The van der Waals surface area contributed by atoms with Gasteiger partial charge in [-0.05, 0) is 59.9 Å². The first kappa shape index (κ1) is 23.7. The van der Waals surface area contributed by atoms with Gasteiger partial charge in [-0.1, -0.05) is 32.0 Å². The van der Waals surface area contributed by atoms with Gasteiger partial charge in [0.25, 0.3) is 11.8 Å². The highest BCUT2D eigenvalue weighted by Crippen LogP contribution is 2.32. The number of nitrogens with zero attached hydrogens (tertiary/aromatic N) is 2. The second-order valence-corrected chi connectivity index (χ2v) is 8.11. The zero-order valence-electron chi connectivity index (χ0n) is 19.0. The summed E-state index contributed by atoms with van der Waals surface area (Å²) in [4.78, 5) is 27.1. The normalized spacial score (nSPS) is 15.3. The van der Waals surface area contributed by atoms with E-state index in [0.717, 1.165) is 4.90 Å². The fraction of sp³-hybridized carbons (Fsp3) is 0.269. The van der Waals surface area contributed by atoms with Crippen molar-refractivity contribution in [2.75, 3.05) is 13.7 Å². The Balaban J connectivity index is 1.98. The molecule has 6 nitrogen and oxygen atoms in total. The minimum Gasteiger partial charge on any atom is -0.493 e. The Kier molecular flexibility index (Phi) is 7.29. The van der Waals surface area contributed by atoms with Crippen LogP contribution in [0.5, 0.6) is 11.5 Å². The van der Waals surface area contributed by atoms with Crippen molar-refractivity contribution in [1.82, 2.24) is 4.90 Å². The Morgan fingerprint density at radius 2 is 1.79 bits per heavy atom. The van der Waals surface area contributed by atoms with E-state index in [4.69, 9.17) is 9.47 Å². The van der Waals surface area contributed by atoms with Gasteiger partial charge in [-0.3, -0.25) is 14.5 Å². The van der Waals surface area contributed by atoms with E-state index >= 15 is 0 Å². The molecule has 0 radical (unpaired) electrons. The van der Waals surface area contributed by atoms with Gasteiger partial charge in [0.1, 0.15) is 17.5 Å². The van der Waals surface area contributed by atoms with E-state index in [1.54, 1.807) is 31.2 Å². The van der Waals surface area contributed by atoms with Crippen LogP contribution in [0.4, 0.5) is 4.39 Å². The first-order chi connectivity index (χ1) is 15.7. The van der Waals surface area contributed by atoms with E-state index < -0.39 is 17.6 Å². The lowest BCUT2D eigenvalue weighted by molar-refractivity contribution is -0.141. The largest absolute Gasteiger partial charge is 0.493 e. The first-order valence-corrected chi connectivity index (χ1v) is 10.5. The molecule has 1 aliphatic rings. The smallest absolute Gasteiger partial charge is 0.271 e. The molecule has 0 N–H and O–H groups in total. The molecule has 3 rings (SSSR count). The van der Waals surface area contributed by atoms with Crippen LogP contribution in [-0.4, -0.2) is 30.4 Å². The number of hydrogen-bond donors (Lipinski definition) is 0. The average molecular weight is 448 g/mol. The van der Waals surface area contributed by atoms with Crippen molar-refractivity contribution in [3.8, 4) is 17.6 Å². The Bertz CT molecular complexity index is 1170. The van der Waals surface area contributed by atoms with Crippen LogP contribution in [0.3, 0.4) is 0 Å². The summed E-state index contributed by atoms with van der Waals surface area (Å²) < 4.78 is 24.4. The van der Waals surface area contributed by atoms with Crippen molar-refractivity contribution in [2.45, 2.75) is 27.3 Å². The van der Waals surface area contributed by atoms with Gasteiger partial charge in [-0.25, -0.2) is 4.39 Å². The number of ether oxygens (including phenoxy) is 2. The maximum atomic E-state index is 13.2. The third-order valence-electron chi connectivity index (χ3n) is 5.15. The molecule has 1 heterocycles. The predicted octanol–water partition coefficient (Wildman–Crippen LogP) is 4.66. The fourth-order valence-electron chi connectivity index (χ4n) is 3.36. The summed E-state index contributed by atoms with van der Waals surface area (Å²) in [5, 5.41) is 9.56. The average Bonchev–Trinajstić information content (AvgIpc) is 2.80. The molecular weight excluding hydrogens is 423 g/mol. The Labute approximate surface area is 192 Å². The third-order valence-corrected chi connectivity index (χ3v) is 5.15. The number of carbonyl (C=O) groups is 2. The monoisotopic (exact) mass is 448 g/mol. The lowest BCUT2D eigenvalue weighted by atomic mass is 9.93. The number of methoxy groups -OCH3 is 1. The molecule has 2 aromatic rings. The highest BCUT2D eigenvalue weighted by Gasteiger charge is 2.35. The van der Waals surface area contributed by atoms with Gasteiger partial charge in [0.05, 0.1) is 20.3 Å². The van der Waals surface area contributed by atoms with Crippen LogP contribution in [-0.2, 0) is 16.1 Å². The van der Waals surface area contributed by atoms with Crippen molar-refractivity contribution in [2.24, 2.45) is 5.92 Å². The molecule has 170 valence electrons. The van der Waals surface area contributed by atoms with E-state index in [-0.39, 0.29) is 17.7 Å². The number of halogens is 1. The van der Waals surface area contributed by atoms with Gasteiger partial charge in [-0.2, -0.15) is 5.26 Å². The molecule has 2 amide bonds. The number of benzene rings is 2. The van der Waals surface area contributed by atoms with Gasteiger partial charge in [0.15, 0.2) is 11.5 Å². The molecule has 2 aromatic carbocycles. The van der Waals surface area contributed by atoms with Crippen LogP contribution in [0.2, 0.25) is 0 Å². The van der Waals surface area contributed by atoms with E-state index in [1.807, 2.05) is 19.9 Å². The zero-order valence-corrected chi connectivity index (χ0v) is 19.0. The van der Waals surface area contributed by atoms with Gasteiger partial charge in [-0.15, -0.1) is 0 Å². The molecule has 0 bridgehead atoms. The minimum absolute atomic E-state index is 0.0704. The highest BCUT2D eigenvalue weighted by atomic mass is 19.1. The van der Waals surface area contributed by atoms with Crippen LogP contribution in [0.1, 0.15) is 31.9 Å². The van der Waals surface area contributed by atoms with E-state index in [9.17, 15) is 19.2 Å². The number of amides is 2. The first-order valence-electron chi connectivity index (χ1n) is 10.5. The summed E-state index contributed by atoms with van der Waals surface area (Å²) >= 11 is 0. The molecule has 0 saturated heterocycles. The van der Waals surface area contributed by atoms with E-state index in [2.05, 4.69) is 0 Å². The molecule has 0 spiro atoms. The SMILES string of the molecule is COc1cc(/C=C2/C(=O)N(Cc3ccc(F)cc3)C(=O)C(C#N)=C2C)ccc1OCC(C)C. The highest BCUT2D eigenvalue weighted by molar-refractivity contribution is 6.19. The van der Waals surface area contributed by atoms with Crippen molar-refractivity contribution >= 4 is 17.9 Å². The van der Waals surface area contributed by atoms with Gasteiger partial charge < -0.3 is 9.47 Å². The molecule has 7 heteroatoms. The van der Waals surface area contributed by atoms with Gasteiger partial charge >= 0.3 is 0 Å². The summed E-state index contributed by atoms with van der Waals surface area (Å²) in [5.74, 6) is -0.176. The van der Waals surface area contributed by atoms with Crippen molar-refractivity contribution in [3.63, 3.8) is 0 Å². The quantitative estimate of drug-likeness (QED) is 0.455. The summed E-state index contributed by atoms with van der Waals surface area (Å²) in [6.07, 6.45) is 1.62. The van der Waals surface area contributed by atoms with Crippen LogP contribution in [0, 0.1) is 23.1 Å². The second-order valence-electron chi connectivity index (χ2n) is 8.11. The lowest BCUT2D eigenvalue weighted by Gasteiger charge is -2.27. The summed E-state index contributed by atoms with van der Waals surface area (Å²) in [5.41, 5.74) is 1.65. The van der Waals surface area contributed by atoms with E-state index in [0.29, 0.717) is 40.7 Å². The maximum absolute atomic E-state index is 13.2. The number of nitriles is 1. The number of imide groups is 1. The molecule has 0 aliphatic carbocycles. The number of hydrogen-bond acceptors (Lipinski definition) is 5. The van der Waals surface area contributed by atoms with Crippen LogP contribution in [0.15, 0.2) is 59.2 Å². The standard InChI is InChI=1S/C26H25FN2O4/c1-16(2)15-33-23-10-7-19(12-24(23)32-4)11-21-17(3)22(13-28)26(31)29(25(21)30)14-18-5-8-20(27)9-6-18/h5-12,16H,14-15H2,1-4H3/b21-11+. The van der Waals surface area contributed by atoms with Crippen LogP contribution < -0.4 is 9.47 Å². The molecular formula is C26H25FN2O4. The molecule has 0 aromatic heterocycles. The van der Waals surface area contributed by atoms with Crippen LogP contribution >= 0.6 is 0 Å². The topological polar surface area (TPSA) is 79.6 Å². The zero-order chi connectivity index (χ0) is 24.1. The van der Waals surface area contributed by atoms with E-state index in [1.165, 1.54) is 31.4 Å². The maximum Gasteiger partial charge on any atom is 0.271 e. The van der Waals surface area contributed by atoms with Crippen LogP contribution in [0.25, 0.3) is 6.08 Å². The summed E-state index contributed by atoms with van der Waals surface area (Å²) in [6, 6.07) is 12.7. The molecule has 0 atom stereocenters. The van der Waals surface area contributed by atoms with Crippen molar-refractivity contribution < 1.29 is 23.5 Å². The minimum atomic E-state index is -0.670. The number of carbonyl (C=O) groups excluding carboxylic acids is 2. The lowest BCUT2D eigenvalue weighted by Crippen LogP contribution is -2.42. The Morgan fingerprint density at radius 1 is 1.09 bits per heavy atom. The number of rotatable bonds is 7. The summed E-state index contributed by atoms with van der Waals surface area (Å²) in [6.45, 7) is 6.12. The Morgan fingerprint density at radius 3 is 2.39 bits per heavy atom. The fourth-order valence-corrected chi connectivity index (χ4v) is 3.36. The van der Waals surface area contributed by atoms with Gasteiger partial charge in [0.2, 0.25) is 0 Å². The molecule has 0 saturated carbocycles. The Hall–Kier alpha value is -3.92.